The number of aromatic nitrogens is 2. The van der Waals surface area contributed by atoms with Gasteiger partial charge in [-0.15, -0.1) is 0 Å². The van der Waals surface area contributed by atoms with Gasteiger partial charge < -0.3 is 11.5 Å². The maximum Gasteiger partial charge on any atom is 0.150 e. The third-order valence-electron chi connectivity index (χ3n) is 1.28. The smallest absolute Gasteiger partial charge is 0.150 e. The van der Waals surface area contributed by atoms with Crippen molar-refractivity contribution in [1.82, 2.24) is 9.97 Å². The van der Waals surface area contributed by atoms with Crippen LogP contribution < -0.4 is 11.5 Å². The summed E-state index contributed by atoms with van der Waals surface area (Å²) in [6, 6.07) is 0. The summed E-state index contributed by atoms with van der Waals surface area (Å²) in [6.07, 6.45) is 1.14. The van der Waals surface area contributed by atoms with E-state index in [1.165, 1.54) is 0 Å². The fourth-order valence-electron chi connectivity index (χ4n) is 0.690. The summed E-state index contributed by atoms with van der Waals surface area (Å²) in [4.78, 5) is 9.67. The predicted molar refractivity (Wildman–Crippen MR) is 46.8 cm³/mol. The molecule has 0 unspecified atom stereocenters. The van der Waals surface area contributed by atoms with Crippen LogP contribution in [0, 0.1) is 5.41 Å². The summed E-state index contributed by atoms with van der Waals surface area (Å²) >= 11 is 0. The highest BCUT2D eigenvalue weighted by molar-refractivity contribution is 6.01. The van der Waals surface area contributed by atoms with Gasteiger partial charge >= 0.3 is 0 Å². The van der Waals surface area contributed by atoms with Gasteiger partial charge in [-0.3, -0.25) is 5.41 Å². The largest absolute Gasteiger partial charge is 0.394 e. The number of nitrogens with two attached hydrogens (primary N) is 2. The minimum atomic E-state index is -0.380. The van der Waals surface area contributed by atoms with E-state index in [4.69, 9.17) is 22.4 Å². The zero-order valence-corrected chi connectivity index (χ0v) is 6.47. The van der Waals surface area contributed by atoms with E-state index in [1.807, 2.05) is 0 Å². The molecule has 0 saturated heterocycles. The molecule has 66 valence electrons. The van der Waals surface area contributed by atoms with Crippen molar-refractivity contribution >= 4 is 17.3 Å². The Morgan fingerprint density at radius 2 is 2.23 bits per heavy atom. The molecule has 0 amide bonds. The molecule has 13 heavy (non-hydrogen) atoms. The van der Waals surface area contributed by atoms with Gasteiger partial charge in [-0.25, -0.2) is 9.97 Å². The molecule has 5 N–H and O–H groups in total. The maximum absolute atomic E-state index is 8.06. The Morgan fingerprint density at radius 3 is 2.85 bits per heavy atom. The van der Waals surface area contributed by atoms with Gasteiger partial charge in [0.2, 0.25) is 0 Å². The summed E-state index contributed by atoms with van der Waals surface area (Å²) in [5, 5.41) is 10.3. The number of nitrogens with one attached hydrogen (secondary N) is 1. The lowest BCUT2D eigenvalue weighted by Gasteiger charge is -2.02. The molecular weight excluding hydrogens is 172 g/mol. The molecule has 0 radical (unpaired) electrons. The Balaban J connectivity index is 3.22. The topological polar surface area (TPSA) is 150 Å². The lowest BCUT2D eigenvalue weighted by atomic mass is 10.3. The molecule has 1 rings (SSSR count). The van der Waals surface area contributed by atoms with Gasteiger partial charge in [0.25, 0.3) is 0 Å². The minimum Gasteiger partial charge on any atom is -0.394 e. The molecule has 1 aromatic rings. The lowest BCUT2D eigenvalue weighted by Crippen LogP contribution is -2.08. The van der Waals surface area contributed by atoms with Crippen molar-refractivity contribution in [2.24, 2.45) is 5.11 Å². The van der Waals surface area contributed by atoms with Crippen molar-refractivity contribution in [3.05, 3.63) is 22.5 Å². The van der Waals surface area contributed by atoms with Gasteiger partial charge in [0.05, 0.1) is 0 Å². The van der Waals surface area contributed by atoms with E-state index in [0.29, 0.717) is 0 Å². The number of azide groups is 1. The standard InChI is InChI=1S/C5H6N8/c6-2-3(5(8)12-13-9)10-1-11-4(2)7/h1,8H,6H2,(H2,7,10,11). The summed E-state index contributed by atoms with van der Waals surface area (Å²) in [6.45, 7) is 0. The Bertz CT molecular complexity index is 390. The molecule has 0 aromatic carbocycles. The van der Waals surface area contributed by atoms with Crippen LogP contribution in [-0.2, 0) is 0 Å². The van der Waals surface area contributed by atoms with E-state index >= 15 is 0 Å². The first-order valence-corrected chi connectivity index (χ1v) is 3.16. The Morgan fingerprint density at radius 1 is 1.54 bits per heavy atom. The van der Waals surface area contributed by atoms with Crippen LogP contribution in [0.15, 0.2) is 11.4 Å². The number of nitrogens with zero attached hydrogens (tertiary/aromatic N) is 5. The maximum atomic E-state index is 8.06. The van der Waals surface area contributed by atoms with Crippen molar-refractivity contribution in [2.45, 2.75) is 0 Å². The van der Waals surface area contributed by atoms with Crippen LogP contribution in [0.4, 0.5) is 11.5 Å². The van der Waals surface area contributed by atoms with E-state index in [2.05, 4.69) is 20.0 Å². The monoisotopic (exact) mass is 178 g/mol. The van der Waals surface area contributed by atoms with Crippen molar-refractivity contribution < 1.29 is 0 Å². The first-order valence-electron chi connectivity index (χ1n) is 3.16. The molecule has 1 heterocycles. The van der Waals surface area contributed by atoms with Gasteiger partial charge in [-0.2, -0.15) is 0 Å². The van der Waals surface area contributed by atoms with Gasteiger partial charge in [0.1, 0.15) is 23.5 Å². The fraction of sp³-hybridized carbons (Fsp3) is 0. The Hall–Kier alpha value is -2.34. The average Bonchev–Trinajstić information content (AvgIpc) is 2.10. The Labute approximate surface area is 72.7 Å². The van der Waals surface area contributed by atoms with Crippen LogP contribution in [0.25, 0.3) is 10.4 Å². The third-order valence-corrected chi connectivity index (χ3v) is 1.28. The normalized spacial score (nSPS) is 8.92. The van der Waals surface area contributed by atoms with E-state index in [-0.39, 0.29) is 23.0 Å². The van der Waals surface area contributed by atoms with Crippen LogP contribution in [0.2, 0.25) is 0 Å². The summed E-state index contributed by atoms with van der Waals surface area (Å²) in [7, 11) is 0. The molecule has 8 nitrogen and oxygen atoms in total. The molecule has 0 spiro atoms. The number of rotatable bonds is 1. The number of hydrogen-bond acceptors (Lipinski definition) is 5. The van der Waals surface area contributed by atoms with Crippen molar-refractivity contribution in [1.29, 1.82) is 5.41 Å². The van der Waals surface area contributed by atoms with Crippen LogP contribution >= 0.6 is 0 Å². The molecule has 0 fully saturated rings. The summed E-state index contributed by atoms with van der Waals surface area (Å²) in [5.74, 6) is -0.322. The zero-order valence-electron chi connectivity index (χ0n) is 6.47. The molecule has 8 heteroatoms. The molecule has 0 bridgehead atoms. The first-order chi connectivity index (χ1) is 6.16. The van der Waals surface area contributed by atoms with E-state index in [0.717, 1.165) is 6.33 Å². The number of nitrogen functional groups attached to an aromatic ring is 2. The van der Waals surface area contributed by atoms with Crippen molar-refractivity contribution in [3.8, 4) is 0 Å². The number of amidine groups is 1. The molecule has 0 aliphatic rings. The highest BCUT2D eigenvalue weighted by Crippen LogP contribution is 2.14. The fourth-order valence-corrected chi connectivity index (χ4v) is 0.690. The Kier molecular flexibility index (Phi) is 2.27. The highest BCUT2D eigenvalue weighted by Gasteiger charge is 2.08. The molecule has 1 aromatic heterocycles. The second-order valence-electron chi connectivity index (χ2n) is 2.06. The van der Waals surface area contributed by atoms with E-state index < -0.39 is 0 Å². The van der Waals surface area contributed by atoms with Crippen molar-refractivity contribution in [3.63, 3.8) is 0 Å². The van der Waals surface area contributed by atoms with E-state index in [9.17, 15) is 0 Å². The molecule has 0 aliphatic heterocycles. The summed E-state index contributed by atoms with van der Waals surface area (Å²) in [5.41, 5.74) is 18.9. The molecule has 0 saturated carbocycles. The SMILES string of the molecule is [N-]=[N+]=NC(=N)c1ncnc(N)c1N. The summed E-state index contributed by atoms with van der Waals surface area (Å²) < 4.78 is 0. The van der Waals surface area contributed by atoms with Crippen LogP contribution in [0.1, 0.15) is 5.69 Å². The van der Waals surface area contributed by atoms with Gasteiger partial charge in [-0.05, 0) is 10.6 Å². The average molecular weight is 178 g/mol. The van der Waals surface area contributed by atoms with E-state index in [1.54, 1.807) is 0 Å². The van der Waals surface area contributed by atoms with Crippen LogP contribution in [0.3, 0.4) is 0 Å². The molecular formula is C5H6N8. The lowest BCUT2D eigenvalue weighted by molar-refractivity contribution is 1.15. The highest BCUT2D eigenvalue weighted by atomic mass is 15.2. The molecule has 0 atom stereocenters. The number of hydrogen-bond donors (Lipinski definition) is 3. The second-order valence-corrected chi connectivity index (χ2v) is 2.06. The van der Waals surface area contributed by atoms with Gasteiger partial charge in [-0.1, -0.05) is 0 Å². The van der Waals surface area contributed by atoms with Crippen LogP contribution in [0.5, 0.6) is 0 Å². The van der Waals surface area contributed by atoms with Gasteiger partial charge in [0.15, 0.2) is 5.82 Å². The molecule has 0 aliphatic carbocycles. The second kappa shape index (κ2) is 3.37. The predicted octanol–water partition coefficient (Wildman–Crippen LogP) is 0.277. The van der Waals surface area contributed by atoms with Crippen LogP contribution in [-0.4, -0.2) is 15.8 Å². The quantitative estimate of drug-likeness (QED) is 0.186. The van der Waals surface area contributed by atoms with Crippen molar-refractivity contribution in [2.75, 3.05) is 11.5 Å². The zero-order chi connectivity index (χ0) is 9.84. The first kappa shape index (κ1) is 8.75. The third kappa shape index (κ3) is 1.63. The minimum absolute atomic E-state index is 0.0327. The van der Waals surface area contributed by atoms with Gasteiger partial charge in [0, 0.05) is 4.91 Å². The number of anilines is 2.